The Hall–Kier alpha value is -0.600. The average Bonchev–Trinajstić information content (AvgIpc) is 2.60. The number of halogens is 2. The summed E-state index contributed by atoms with van der Waals surface area (Å²) in [5.74, 6) is 0. The molecule has 0 unspecified atom stereocenters. The molecule has 1 nitrogen and oxygen atoms in total. The zero-order chi connectivity index (χ0) is 12.7. The Morgan fingerprint density at radius 2 is 1.94 bits per heavy atom. The van der Waals surface area contributed by atoms with E-state index in [1.807, 2.05) is 0 Å². The molecule has 0 aliphatic heterocycles. The Balaban J connectivity index is 2.34. The quantitative estimate of drug-likeness (QED) is 0.605. The van der Waals surface area contributed by atoms with Crippen LogP contribution in [0.1, 0.15) is 36.1 Å². The summed E-state index contributed by atoms with van der Waals surface area (Å²) >= 11 is 10.2. The van der Waals surface area contributed by atoms with Gasteiger partial charge in [0.1, 0.15) is 0 Å². The van der Waals surface area contributed by atoms with Crippen molar-refractivity contribution in [3.8, 4) is 0 Å². The first-order valence-electron chi connectivity index (χ1n) is 6.44. The molecule has 1 aromatic carbocycles. The van der Waals surface area contributed by atoms with E-state index in [9.17, 15) is 0 Å². The lowest BCUT2D eigenvalue weighted by Gasteiger charge is -2.12. The van der Waals surface area contributed by atoms with Gasteiger partial charge in [0.2, 0.25) is 0 Å². The van der Waals surface area contributed by atoms with Crippen LogP contribution in [-0.4, -0.2) is 4.98 Å². The first-order chi connectivity index (χ1) is 8.68. The van der Waals surface area contributed by atoms with Crippen LogP contribution >= 0.6 is 27.5 Å². The number of aromatic nitrogens is 1. The standard InChI is InChI=1S/C15H15BrClN/c1-9-7-8-11-14(17)10-5-3-2-4-6-12(10)18-15(11)13(9)16/h7-8H,2-6H2,1H3. The molecule has 0 saturated heterocycles. The van der Waals surface area contributed by atoms with Crippen molar-refractivity contribution >= 4 is 38.4 Å². The monoisotopic (exact) mass is 323 g/mol. The zero-order valence-corrected chi connectivity index (χ0v) is 12.7. The molecule has 18 heavy (non-hydrogen) atoms. The van der Waals surface area contributed by atoms with Crippen molar-refractivity contribution < 1.29 is 0 Å². The summed E-state index contributed by atoms with van der Waals surface area (Å²) in [6.45, 7) is 2.09. The third-order valence-corrected chi connectivity index (χ3v) is 5.18. The molecule has 0 fully saturated rings. The van der Waals surface area contributed by atoms with Crippen molar-refractivity contribution in [1.29, 1.82) is 0 Å². The third-order valence-electron chi connectivity index (χ3n) is 3.75. The molecule has 0 N–H and O–H groups in total. The SMILES string of the molecule is Cc1ccc2c(Cl)c3c(nc2c1Br)CCCCC3. The van der Waals surface area contributed by atoms with Crippen LogP contribution < -0.4 is 0 Å². The van der Waals surface area contributed by atoms with E-state index in [-0.39, 0.29) is 0 Å². The van der Waals surface area contributed by atoms with Gasteiger partial charge in [-0.3, -0.25) is 4.98 Å². The Morgan fingerprint density at radius 1 is 1.17 bits per heavy atom. The van der Waals surface area contributed by atoms with Crippen molar-refractivity contribution in [3.63, 3.8) is 0 Å². The van der Waals surface area contributed by atoms with Crippen molar-refractivity contribution in [2.24, 2.45) is 0 Å². The maximum absolute atomic E-state index is 6.60. The van der Waals surface area contributed by atoms with Crippen LogP contribution in [0.25, 0.3) is 10.9 Å². The highest BCUT2D eigenvalue weighted by Gasteiger charge is 2.17. The second kappa shape index (κ2) is 4.82. The minimum absolute atomic E-state index is 0.914. The lowest BCUT2D eigenvalue weighted by molar-refractivity contribution is 0.709. The predicted octanol–water partition coefficient (Wildman–Crippen LogP) is 5.23. The topological polar surface area (TPSA) is 12.9 Å². The smallest absolute Gasteiger partial charge is 0.0865 e. The lowest BCUT2D eigenvalue weighted by Crippen LogP contribution is -1.99. The minimum atomic E-state index is 0.914. The summed E-state index contributed by atoms with van der Waals surface area (Å²) in [4.78, 5) is 4.87. The normalized spacial score (nSPS) is 15.5. The van der Waals surface area contributed by atoms with Gasteiger partial charge in [0.25, 0.3) is 0 Å². The zero-order valence-electron chi connectivity index (χ0n) is 10.4. The fourth-order valence-corrected chi connectivity index (χ4v) is 3.47. The second-order valence-corrected chi connectivity index (χ2v) is 6.18. The van der Waals surface area contributed by atoms with E-state index < -0.39 is 0 Å². The Labute approximate surface area is 121 Å². The number of fused-ring (bicyclic) bond motifs is 2. The predicted molar refractivity (Wildman–Crippen MR) is 80.4 cm³/mol. The van der Waals surface area contributed by atoms with Gasteiger partial charge in [-0.15, -0.1) is 0 Å². The Morgan fingerprint density at radius 3 is 2.78 bits per heavy atom. The third kappa shape index (κ3) is 1.96. The summed E-state index contributed by atoms with van der Waals surface area (Å²) in [7, 11) is 0. The van der Waals surface area contributed by atoms with Gasteiger partial charge in [-0.2, -0.15) is 0 Å². The number of nitrogens with zero attached hydrogens (tertiary/aromatic N) is 1. The molecular weight excluding hydrogens is 310 g/mol. The molecule has 0 amide bonds. The molecule has 1 aliphatic rings. The number of hydrogen-bond acceptors (Lipinski definition) is 1. The van der Waals surface area contributed by atoms with Gasteiger partial charge in [0, 0.05) is 15.6 Å². The number of benzene rings is 1. The number of pyridine rings is 1. The lowest BCUT2D eigenvalue weighted by atomic mass is 10.0. The molecule has 0 spiro atoms. The van der Waals surface area contributed by atoms with Crippen molar-refractivity contribution in [1.82, 2.24) is 4.98 Å². The molecule has 94 valence electrons. The van der Waals surface area contributed by atoms with Gasteiger partial charge in [0.05, 0.1) is 10.5 Å². The number of rotatable bonds is 0. The summed E-state index contributed by atoms with van der Waals surface area (Å²) in [5.41, 5.74) is 4.70. The molecule has 1 heterocycles. The fraction of sp³-hybridized carbons (Fsp3) is 0.400. The molecule has 3 rings (SSSR count). The van der Waals surface area contributed by atoms with Crippen LogP contribution in [0.2, 0.25) is 5.02 Å². The van der Waals surface area contributed by atoms with E-state index in [1.165, 1.54) is 36.1 Å². The van der Waals surface area contributed by atoms with Crippen molar-refractivity contribution in [2.75, 3.05) is 0 Å². The molecule has 1 aliphatic carbocycles. The molecular formula is C15H15BrClN. The van der Waals surface area contributed by atoms with Crippen LogP contribution in [0.4, 0.5) is 0 Å². The summed E-state index contributed by atoms with van der Waals surface area (Å²) < 4.78 is 1.08. The fourth-order valence-electron chi connectivity index (χ4n) is 2.68. The van der Waals surface area contributed by atoms with Gasteiger partial charge in [-0.05, 0) is 59.7 Å². The van der Waals surface area contributed by atoms with Gasteiger partial charge in [-0.25, -0.2) is 0 Å². The maximum atomic E-state index is 6.60. The van der Waals surface area contributed by atoms with Crippen LogP contribution in [0, 0.1) is 6.92 Å². The average molecular weight is 325 g/mol. The highest BCUT2D eigenvalue weighted by molar-refractivity contribution is 9.10. The van der Waals surface area contributed by atoms with Crippen molar-refractivity contribution in [3.05, 3.63) is 38.4 Å². The first-order valence-corrected chi connectivity index (χ1v) is 7.61. The summed E-state index contributed by atoms with van der Waals surface area (Å²) in [6.07, 6.45) is 5.87. The molecule has 2 aromatic rings. The highest BCUT2D eigenvalue weighted by atomic mass is 79.9. The Bertz CT molecular complexity index is 622. The van der Waals surface area contributed by atoms with Crippen LogP contribution in [0.3, 0.4) is 0 Å². The second-order valence-electron chi connectivity index (χ2n) is 5.00. The van der Waals surface area contributed by atoms with E-state index in [0.717, 1.165) is 33.2 Å². The number of aryl methyl sites for hydroxylation is 2. The van der Waals surface area contributed by atoms with Crippen LogP contribution in [-0.2, 0) is 12.8 Å². The molecule has 0 saturated carbocycles. The first kappa shape index (κ1) is 12.4. The van der Waals surface area contributed by atoms with Crippen LogP contribution in [0.5, 0.6) is 0 Å². The number of hydrogen-bond donors (Lipinski definition) is 0. The molecule has 0 bridgehead atoms. The minimum Gasteiger partial charge on any atom is -0.251 e. The van der Waals surface area contributed by atoms with E-state index >= 15 is 0 Å². The van der Waals surface area contributed by atoms with E-state index in [1.54, 1.807) is 0 Å². The summed E-state index contributed by atoms with van der Waals surface area (Å²) in [5, 5.41) is 1.99. The molecule has 0 radical (unpaired) electrons. The molecule has 3 heteroatoms. The van der Waals surface area contributed by atoms with E-state index in [2.05, 4.69) is 35.0 Å². The van der Waals surface area contributed by atoms with Gasteiger partial charge < -0.3 is 0 Å². The largest absolute Gasteiger partial charge is 0.251 e. The van der Waals surface area contributed by atoms with Crippen LogP contribution in [0.15, 0.2) is 16.6 Å². The molecule has 1 aromatic heterocycles. The van der Waals surface area contributed by atoms with Gasteiger partial charge in [0.15, 0.2) is 0 Å². The summed E-state index contributed by atoms with van der Waals surface area (Å²) in [6, 6.07) is 4.19. The van der Waals surface area contributed by atoms with Gasteiger partial charge in [-0.1, -0.05) is 30.2 Å². The molecule has 0 atom stereocenters. The van der Waals surface area contributed by atoms with Crippen molar-refractivity contribution in [2.45, 2.75) is 39.0 Å². The van der Waals surface area contributed by atoms with E-state index in [0.29, 0.717) is 0 Å². The Kier molecular flexibility index (Phi) is 3.33. The van der Waals surface area contributed by atoms with Gasteiger partial charge >= 0.3 is 0 Å². The highest BCUT2D eigenvalue weighted by Crippen LogP contribution is 2.36. The maximum Gasteiger partial charge on any atom is 0.0865 e. The van der Waals surface area contributed by atoms with E-state index in [4.69, 9.17) is 16.6 Å².